The van der Waals surface area contributed by atoms with Crippen molar-refractivity contribution in [1.82, 2.24) is 4.90 Å². The van der Waals surface area contributed by atoms with Gasteiger partial charge in [0, 0.05) is 54.0 Å². The summed E-state index contributed by atoms with van der Waals surface area (Å²) in [5.41, 5.74) is 2.19. The molecule has 0 atom stereocenters. The number of Topliss-reactive ketones (excluding diaryl/α,β-unsaturated/α-hetero) is 2. The SMILES string of the molecule is C=CC(=O)Oc1ccc(N(c2ccc(C(=O)/C(COCCCC)=N/OC(=O)c3ccco3)cc2)c2ccc(C(=O)C(C)(C)N3CCOCC3)cc2)cc1. The molecule has 0 aliphatic carbocycles. The van der Waals surface area contributed by atoms with Gasteiger partial charge >= 0.3 is 11.9 Å². The molecule has 1 fully saturated rings. The first-order chi connectivity index (χ1) is 25.6. The molecule has 0 spiro atoms. The third-order valence-electron chi connectivity index (χ3n) is 8.72. The summed E-state index contributed by atoms with van der Waals surface area (Å²) in [5, 5.41) is 3.85. The van der Waals surface area contributed by atoms with Crippen LogP contribution < -0.4 is 9.64 Å². The molecule has 1 saturated heterocycles. The second-order valence-electron chi connectivity index (χ2n) is 12.7. The molecule has 2 heterocycles. The molecule has 0 saturated carbocycles. The summed E-state index contributed by atoms with van der Waals surface area (Å²) in [4.78, 5) is 60.6. The third kappa shape index (κ3) is 9.80. The van der Waals surface area contributed by atoms with Gasteiger partial charge in [0.1, 0.15) is 5.75 Å². The quantitative estimate of drug-likeness (QED) is 0.0158. The Morgan fingerprint density at radius 1 is 0.887 bits per heavy atom. The molecule has 3 aromatic carbocycles. The summed E-state index contributed by atoms with van der Waals surface area (Å²) in [5.74, 6) is -1.62. The first kappa shape index (κ1) is 38.5. The van der Waals surface area contributed by atoms with Gasteiger partial charge in [0.2, 0.25) is 11.5 Å². The fraction of sp³-hybridized carbons (Fsp3) is 0.293. The van der Waals surface area contributed by atoms with Crippen molar-refractivity contribution in [2.75, 3.05) is 44.4 Å². The van der Waals surface area contributed by atoms with Gasteiger partial charge in [-0.05, 0) is 105 Å². The average molecular weight is 722 g/mol. The van der Waals surface area contributed by atoms with Gasteiger partial charge in [-0.2, -0.15) is 0 Å². The monoisotopic (exact) mass is 721 g/mol. The number of unbranched alkanes of at least 4 members (excludes halogenated alkanes) is 1. The second-order valence-corrected chi connectivity index (χ2v) is 12.7. The number of ketones is 2. The van der Waals surface area contributed by atoms with E-state index in [2.05, 4.69) is 16.6 Å². The molecule has 12 heteroatoms. The van der Waals surface area contributed by atoms with Crippen LogP contribution in [0.5, 0.6) is 5.75 Å². The zero-order valence-electron chi connectivity index (χ0n) is 30.1. The van der Waals surface area contributed by atoms with Crippen molar-refractivity contribution in [1.29, 1.82) is 0 Å². The minimum Gasteiger partial charge on any atom is -0.457 e. The number of nitrogens with zero attached hydrogens (tertiary/aromatic N) is 3. The zero-order valence-corrected chi connectivity index (χ0v) is 30.1. The molecule has 5 rings (SSSR count). The van der Waals surface area contributed by atoms with E-state index < -0.39 is 23.3 Å². The normalized spacial score (nSPS) is 13.6. The summed E-state index contributed by atoms with van der Waals surface area (Å²) in [7, 11) is 0. The van der Waals surface area contributed by atoms with E-state index in [9.17, 15) is 19.2 Å². The van der Waals surface area contributed by atoms with Crippen molar-refractivity contribution in [3.05, 3.63) is 121 Å². The molecular weight excluding hydrogens is 678 g/mol. The first-order valence-corrected chi connectivity index (χ1v) is 17.4. The third-order valence-corrected chi connectivity index (χ3v) is 8.72. The van der Waals surface area contributed by atoms with Crippen LogP contribution in [0.3, 0.4) is 0 Å². The van der Waals surface area contributed by atoms with Gasteiger partial charge in [-0.25, -0.2) is 9.59 Å². The van der Waals surface area contributed by atoms with E-state index in [4.69, 9.17) is 23.5 Å². The van der Waals surface area contributed by atoms with Gasteiger partial charge in [-0.15, -0.1) is 0 Å². The van der Waals surface area contributed by atoms with Crippen molar-refractivity contribution < 1.29 is 42.6 Å². The van der Waals surface area contributed by atoms with Crippen LogP contribution >= 0.6 is 0 Å². The Hall–Kier alpha value is -5.69. The number of anilines is 3. The van der Waals surface area contributed by atoms with Crippen molar-refractivity contribution in [2.24, 2.45) is 5.16 Å². The maximum absolute atomic E-state index is 13.7. The number of hydrogen-bond acceptors (Lipinski definition) is 12. The van der Waals surface area contributed by atoms with Gasteiger partial charge < -0.3 is 28.4 Å². The molecule has 1 aliphatic rings. The van der Waals surface area contributed by atoms with E-state index in [-0.39, 0.29) is 23.9 Å². The molecule has 1 aromatic heterocycles. The largest absolute Gasteiger partial charge is 0.457 e. The van der Waals surface area contributed by atoms with Crippen LogP contribution in [0, 0.1) is 0 Å². The maximum atomic E-state index is 13.7. The molecule has 0 radical (unpaired) electrons. The molecular formula is C41H43N3O9. The van der Waals surface area contributed by atoms with Crippen LogP contribution in [-0.2, 0) is 19.1 Å². The number of furan rings is 1. The molecule has 12 nitrogen and oxygen atoms in total. The predicted octanol–water partition coefficient (Wildman–Crippen LogP) is 7.35. The number of ether oxygens (including phenoxy) is 3. The lowest BCUT2D eigenvalue weighted by molar-refractivity contribution is -0.128. The van der Waals surface area contributed by atoms with Crippen LogP contribution in [0.25, 0.3) is 0 Å². The Morgan fingerprint density at radius 3 is 2.06 bits per heavy atom. The Bertz CT molecular complexity index is 1890. The summed E-state index contributed by atoms with van der Waals surface area (Å²) < 4.78 is 21.5. The maximum Gasteiger partial charge on any atom is 0.400 e. The Kier molecular flexibility index (Phi) is 13.2. The number of oxime groups is 1. The first-order valence-electron chi connectivity index (χ1n) is 17.4. The van der Waals surface area contributed by atoms with Gasteiger partial charge in [-0.1, -0.05) is 25.1 Å². The van der Waals surface area contributed by atoms with Crippen molar-refractivity contribution >= 4 is 46.3 Å². The Morgan fingerprint density at radius 2 is 1.49 bits per heavy atom. The highest BCUT2D eigenvalue weighted by molar-refractivity contribution is 6.46. The van der Waals surface area contributed by atoms with Crippen LogP contribution in [0.4, 0.5) is 17.1 Å². The number of benzene rings is 3. The van der Waals surface area contributed by atoms with Gasteiger partial charge in [0.25, 0.3) is 0 Å². The highest BCUT2D eigenvalue weighted by atomic mass is 16.7. The minimum atomic E-state index is -0.845. The van der Waals surface area contributed by atoms with Gasteiger partial charge in [-0.3, -0.25) is 14.5 Å². The van der Waals surface area contributed by atoms with Crippen LogP contribution in [0.1, 0.15) is 64.9 Å². The van der Waals surface area contributed by atoms with E-state index >= 15 is 0 Å². The molecule has 1 aliphatic heterocycles. The summed E-state index contributed by atoms with van der Waals surface area (Å²) in [6, 6.07) is 24.0. The number of rotatable bonds is 17. The van der Waals surface area contributed by atoms with E-state index in [1.165, 1.54) is 12.3 Å². The number of carbonyl (C=O) groups excluding carboxylic acids is 4. The predicted molar refractivity (Wildman–Crippen MR) is 199 cm³/mol. The minimum absolute atomic E-state index is 0.000246. The zero-order chi connectivity index (χ0) is 37.8. The van der Waals surface area contributed by atoms with Gasteiger partial charge in [0.15, 0.2) is 11.5 Å². The average Bonchev–Trinajstić information content (AvgIpc) is 3.74. The highest BCUT2D eigenvalue weighted by Crippen LogP contribution is 2.36. The second kappa shape index (κ2) is 18.2. The topological polar surface area (TPSA) is 137 Å². The number of carbonyl (C=O) groups is 4. The van der Waals surface area contributed by atoms with E-state index in [1.54, 1.807) is 66.7 Å². The summed E-state index contributed by atoms with van der Waals surface area (Å²) >= 11 is 0. The molecule has 0 N–H and O–H groups in total. The standard InChI is InChI=1S/C41H43N3O9/c1-5-7-24-50-28-35(42-53-40(48)36-9-8-25-51-36)38(46)29-10-14-31(15-11-29)44(33-18-20-34(21-19-33)52-37(45)6-2)32-16-12-30(13-17-32)39(47)41(3,4)43-22-26-49-27-23-43/h6,8-21,25H,2,5,7,22-24,26-28H2,1,3-4H3/b42-35+. The van der Waals surface area contributed by atoms with Crippen molar-refractivity contribution in [2.45, 2.75) is 39.2 Å². The smallest absolute Gasteiger partial charge is 0.400 e. The number of hydrogen-bond donors (Lipinski definition) is 0. The highest BCUT2D eigenvalue weighted by Gasteiger charge is 2.36. The fourth-order valence-electron chi connectivity index (χ4n) is 5.66. The van der Waals surface area contributed by atoms with Crippen LogP contribution in [0.2, 0.25) is 0 Å². The van der Waals surface area contributed by atoms with E-state index in [1.807, 2.05) is 37.8 Å². The summed E-state index contributed by atoms with van der Waals surface area (Å²) in [6.07, 6.45) is 4.11. The molecule has 0 bridgehead atoms. The molecule has 0 amide bonds. The van der Waals surface area contributed by atoms with E-state index in [0.29, 0.717) is 61.2 Å². The van der Waals surface area contributed by atoms with Gasteiger partial charge in [0.05, 0.1) is 31.6 Å². The molecule has 4 aromatic rings. The fourth-order valence-corrected chi connectivity index (χ4v) is 5.66. The molecule has 0 unspecified atom stereocenters. The Balaban J connectivity index is 1.43. The van der Waals surface area contributed by atoms with E-state index in [0.717, 1.165) is 24.6 Å². The lowest BCUT2D eigenvalue weighted by Crippen LogP contribution is -2.54. The molecule has 53 heavy (non-hydrogen) atoms. The lowest BCUT2D eigenvalue weighted by atomic mass is 9.90. The molecule has 276 valence electrons. The van der Waals surface area contributed by atoms with Crippen LogP contribution in [0.15, 0.2) is 113 Å². The Labute approximate surface area is 308 Å². The van der Waals surface area contributed by atoms with Crippen molar-refractivity contribution in [3.8, 4) is 5.75 Å². The van der Waals surface area contributed by atoms with Crippen molar-refractivity contribution in [3.63, 3.8) is 0 Å². The van der Waals surface area contributed by atoms with Crippen LogP contribution in [-0.4, -0.2) is 79.2 Å². The summed E-state index contributed by atoms with van der Waals surface area (Å²) in [6.45, 7) is 12.1. The number of morpholine rings is 1. The number of esters is 1. The lowest BCUT2D eigenvalue weighted by Gasteiger charge is -2.39.